The molecule has 18 heavy (non-hydrogen) atoms. The molecule has 0 aliphatic rings. The van der Waals surface area contributed by atoms with Crippen LogP contribution in [0.5, 0.6) is 5.75 Å². The van der Waals surface area contributed by atoms with E-state index < -0.39 is 5.60 Å². The quantitative estimate of drug-likeness (QED) is 0.788. The van der Waals surface area contributed by atoms with Crippen LogP contribution in [-0.4, -0.2) is 35.2 Å². The number of anilines is 1. The molecule has 1 amide bonds. The molecule has 0 unspecified atom stereocenters. The van der Waals surface area contributed by atoms with Crippen molar-refractivity contribution in [3.8, 4) is 5.75 Å². The Balaban J connectivity index is 2.71. The highest BCUT2D eigenvalue weighted by Crippen LogP contribution is 2.20. The highest BCUT2D eigenvalue weighted by molar-refractivity contribution is 6.08. The number of carbonyl (C=O) groups excluding carboxylic acids is 1. The molecular weight excluding hydrogens is 246 g/mol. The molecule has 5 heteroatoms. The average molecular weight is 264 g/mol. The second kappa shape index (κ2) is 5.91. The Morgan fingerprint density at radius 2 is 1.83 bits per heavy atom. The Labute approximate surface area is 111 Å². The third-order valence-electron chi connectivity index (χ3n) is 2.13. The molecule has 1 rings (SSSR count). The van der Waals surface area contributed by atoms with E-state index in [2.05, 4.69) is 10.2 Å². The molecule has 0 aromatic heterocycles. The Kier molecular flexibility index (Phi) is 4.78. The van der Waals surface area contributed by atoms with Crippen molar-refractivity contribution in [2.24, 2.45) is 0 Å². The van der Waals surface area contributed by atoms with Gasteiger partial charge in [-0.05, 0) is 45.0 Å². The molecule has 0 N–H and O–H groups in total. The number of hydrogen-bond donors (Lipinski definition) is 0. The van der Waals surface area contributed by atoms with Crippen molar-refractivity contribution in [2.75, 3.05) is 18.2 Å². The van der Waals surface area contributed by atoms with E-state index in [0.717, 1.165) is 11.4 Å². The van der Waals surface area contributed by atoms with E-state index in [1.165, 1.54) is 4.90 Å². The zero-order chi connectivity index (χ0) is 13.8. The van der Waals surface area contributed by atoms with Crippen molar-refractivity contribution in [2.45, 2.75) is 26.4 Å². The summed E-state index contributed by atoms with van der Waals surface area (Å²) in [6, 6.07) is 7.22. The molecule has 0 fully saturated rings. The maximum atomic E-state index is 11.8. The van der Waals surface area contributed by atoms with E-state index in [-0.39, 0.29) is 6.09 Å². The molecular formula is C13H18NO3Si. The molecule has 0 spiro atoms. The van der Waals surface area contributed by atoms with E-state index in [4.69, 9.17) is 9.47 Å². The second-order valence-electron chi connectivity index (χ2n) is 4.82. The predicted octanol–water partition coefficient (Wildman–Crippen LogP) is 2.56. The van der Waals surface area contributed by atoms with Gasteiger partial charge in [0.15, 0.2) is 0 Å². The summed E-state index contributed by atoms with van der Waals surface area (Å²) < 4.78 is 10.5. The normalized spacial score (nSPS) is 10.9. The van der Waals surface area contributed by atoms with Gasteiger partial charge in [0.2, 0.25) is 0 Å². The van der Waals surface area contributed by atoms with Gasteiger partial charge >= 0.3 is 6.09 Å². The molecule has 0 bridgehead atoms. The predicted molar refractivity (Wildman–Crippen MR) is 72.3 cm³/mol. The van der Waals surface area contributed by atoms with E-state index in [1.807, 2.05) is 20.8 Å². The molecule has 0 atom stereocenters. The van der Waals surface area contributed by atoms with Crippen LogP contribution in [0.3, 0.4) is 0 Å². The summed E-state index contributed by atoms with van der Waals surface area (Å²) in [6.07, 6.45) is 0.0534. The first-order valence-electron chi connectivity index (χ1n) is 5.67. The van der Waals surface area contributed by atoms with Crippen LogP contribution in [0.1, 0.15) is 20.8 Å². The Morgan fingerprint density at radius 3 is 2.28 bits per heavy atom. The largest absolute Gasteiger partial charge is 0.498 e. The van der Waals surface area contributed by atoms with Crippen molar-refractivity contribution < 1.29 is 14.3 Å². The molecule has 0 saturated heterocycles. The second-order valence-corrected chi connectivity index (χ2v) is 5.11. The first-order chi connectivity index (χ1) is 8.33. The summed E-state index contributed by atoms with van der Waals surface area (Å²) in [4.78, 5) is 13.3. The maximum Gasteiger partial charge on any atom is 0.414 e. The van der Waals surface area contributed by atoms with Crippen LogP contribution >= 0.6 is 0 Å². The first-order valence-corrected chi connectivity index (χ1v) is 6.38. The third kappa shape index (κ3) is 4.41. The van der Waals surface area contributed by atoms with Crippen LogP contribution in [0.15, 0.2) is 24.3 Å². The van der Waals surface area contributed by atoms with Gasteiger partial charge < -0.3 is 9.47 Å². The van der Waals surface area contributed by atoms with Crippen molar-refractivity contribution in [1.29, 1.82) is 0 Å². The number of ether oxygens (including phenoxy) is 2. The Morgan fingerprint density at radius 1 is 1.28 bits per heavy atom. The van der Waals surface area contributed by atoms with E-state index in [9.17, 15) is 4.79 Å². The van der Waals surface area contributed by atoms with Crippen LogP contribution in [-0.2, 0) is 4.74 Å². The van der Waals surface area contributed by atoms with Gasteiger partial charge in [-0.15, -0.1) is 0 Å². The van der Waals surface area contributed by atoms with Crippen LogP contribution in [0.25, 0.3) is 0 Å². The fourth-order valence-electron chi connectivity index (χ4n) is 1.29. The van der Waals surface area contributed by atoms with Gasteiger partial charge in [-0.2, -0.15) is 0 Å². The van der Waals surface area contributed by atoms with Crippen LogP contribution < -0.4 is 9.64 Å². The third-order valence-corrected chi connectivity index (χ3v) is 2.27. The number of nitrogens with zero attached hydrogens (tertiary/aromatic N) is 1. The van der Waals surface area contributed by atoms with Crippen molar-refractivity contribution in [3.63, 3.8) is 0 Å². The summed E-state index contributed by atoms with van der Waals surface area (Å²) in [7, 11) is 4.90. The van der Waals surface area contributed by atoms with E-state index in [0.29, 0.717) is 6.23 Å². The van der Waals surface area contributed by atoms with Crippen molar-refractivity contribution >= 4 is 22.0 Å². The molecule has 0 heterocycles. The Hall–Kier alpha value is -1.49. The van der Waals surface area contributed by atoms with Gasteiger partial charge in [-0.3, -0.25) is 4.90 Å². The number of rotatable bonds is 3. The Bertz CT molecular complexity index is 398. The standard InChI is InChI=1S/C13H18NO3Si/c1-13(2,3)17-12(15)14(4)10-5-7-11(8-6-10)16-9-18/h5-8H,9H2,1-4H3. The number of hydrogen-bond acceptors (Lipinski definition) is 3. The molecule has 4 nitrogen and oxygen atoms in total. The fraction of sp³-hybridized carbons (Fsp3) is 0.462. The number of amides is 1. The van der Waals surface area contributed by atoms with E-state index in [1.54, 1.807) is 31.3 Å². The molecule has 1 aromatic carbocycles. The van der Waals surface area contributed by atoms with Gasteiger partial charge in [0.25, 0.3) is 0 Å². The minimum Gasteiger partial charge on any atom is -0.498 e. The molecule has 0 aliphatic heterocycles. The summed E-state index contributed by atoms with van der Waals surface area (Å²) in [5.41, 5.74) is 0.259. The SMILES string of the molecule is CN(C(=O)OC(C)(C)C)c1ccc(OC[Si])cc1. The lowest BCUT2D eigenvalue weighted by Gasteiger charge is -2.24. The van der Waals surface area contributed by atoms with Crippen molar-refractivity contribution in [3.05, 3.63) is 24.3 Å². The minimum absolute atomic E-state index is 0.378. The summed E-state index contributed by atoms with van der Waals surface area (Å²) in [5, 5.41) is 0. The van der Waals surface area contributed by atoms with Crippen molar-refractivity contribution in [1.82, 2.24) is 0 Å². The summed E-state index contributed by atoms with van der Waals surface area (Å²) in [5.74, 6) is 0.742. The number of carbonyl (C=O) groups is 1. The van der Waals surface area contributed by atoms with Crippen LogP contribution in [0.4, 0.5) is 10.5 Å². The van der Waals surface area contributed by atoms with Gasteiger partial charge in [-0.25, -0.2) is 4.79 Å². The minimum atomic E-state index is -0.496. The molecule has 0 saturated carbocycles. The zero-order valence-corrected chi connectivity index (χ0v) is 12.2. The fourth-order valence-corrected chi connectivity index (χ4v) is 1.45. The highest BCUT2D eigenvalue weighted by atomic mass is 28.1. The van der Waals surface area contributed by atoms with Gasteiger partial charge in [-0.1, -0.05) is 0 Å². The smallest absolute Gasteiger partial charge is 0.414 e. The highest BCUT2D eigenvalue weighted by Gasteiger charge is 2.20. The first kappa shape index (κ1) is 14.6. The number of benzene rings is 1. The van der Waals surface area contributed by atoms with Gasteiger partial charge in [0.1, 0.15) is 11.4 Å². The molecule has 1 aromatic rings. The van der Waals surface area contributed by atoms with Gasteiger partial charge in [0.05, 0.1) is 16.5 Å². The monoisotopic (exact) mass is 264 g/mol. The summed E-state index contributed by atoms with van der Waals surface area (Å²) >= 11 is 0. The maximum absolute atomic E-state index is 11.8. The molecule has 3 radical (unpaired) electrons. The van der Waals surface area contributed by atoms with Crippen LogP contribution in [0.2, 0.25) is 0 Å². The topological polar surface area (TPSA) is 38.8 Å². The zero-order valence-electron chi connectivity index (χ0n) is 11.2. The summed E-state index contributed by atoms with van der Waals surface area (Å²) in [6.45, 7) is 5.52. The van der Waals surface area contributed by atoms with E-state index >= 15 is 0 Å². The van der Waals surface area contributed by atoms with Gasteiger partial charge in [0, 0.05) is 12.7 Å². The lowest BCUT2D eigenvalue weighted by Crippen LogP contribution is -2.34. The average Bonchev–Trinajstić information content (AvgIpc) is 2.27. The van der Waals surface area contributed by atoms with Crippen LogP contribution in [0, 0.1) is 0 Å². The lowest BCUT2D eigenvalue weighted by molar-refractivity contribution is 0.0589. The molecule has 0 aliphatic carbocycles. The lowest BCUT2D eigenvalue weighted by atomic mass is 10.2. The molecule has 97 valence electrons.